The van der Waals surface area contributed by atoms with Gasteiger partial charge in [-0.1, -0.05) is 49.4 Å². The summed E-state index contributed by atoms with van der Waals surface area (Å²) in [6, 6.07) is 20.8. The first kappa shape index (κ1) is 20.9. The number of rotatable bonds is 8. The first-order chi connectivity index (χ1) is 14.0. The molecule has 0 bridgehead atoms. The van der Waals surface area contributed by atoms with E-state index in [1.165, 1.54) is 5.56 Å². The maximum absolute atomic E-state index is 12.2. The molecule has 0 saturated heterocycles. The highest BCUT2D eigenvalue weighted by molar-refractivity contribution is 9.10. The second-order valence-electron chi connectivity index (χ2n) is 6.88. The van der Waals surface area contributed by atoms with Crippen molar-refractivity contribution in [3.05, 3.63) is 88.3 Å². The lowest BCUT2D eigenvalue weighted by atomic mass is 9.98. The molecule has 0 aliphatic carbocycles. The standard InChI is InChI=1S/C23H23BrN2O3/c1-16(18-5-3-2-4-6-18)13-14-25-22(27)15-17-7-9-19(10-8-17)26-23(28)20-11-12-21(24)29-20/h2-12,16H,13-15H2,1H3,(H,25,27)(H,26,28). The van der Waals surface area contributed by atoms with Crippen molar-refractivity contribution in [1.82, 2.24) is 5.32 Å². The number of hydrogen-bond donors (Lipinski definition) is 2. The highest BCUT2D eigenvalue weighted by atomic mass is 79.9. The molecule has 0 radical (unpaired) electrons. The summed E-state index contributed by atoms with van der Waals surface area (Å²) in [7, 11) is 0. The van der Waals surface area contributed by atoms with E-state index in [1.807, 2.05) is 30.3 Å². The van der Waals surface area contributed by atoms with Crippen molar-refractivity contribution in [1.29, 1.82) is 0 Å². The van der Waals surface area contributed by atoms with Crippen LogP contribution in [-0.4, -0.2) is 18.4 Å². The molecule has 0 saturated carbocycles. The topological polar surface area (TPSA) is 71.3 Å². The van der Waals surface area contributed by atoms with Crippen molar-refractivity contribution in [2.75, 3.05) is 11.9 Å². The third-order valence-corrected chi connectivity index (χ3v) is 5.07. The van der Waals surface area contributed by atoms with Crippen molar-refractivity contribution in [3.63, 3.8) is 0 Å². The van der Waals surface area contributed by atoms with Crippen LogP contribution in [0.5, 0.6) is 0 Å². The van der Waals surface area contributed by atoms with E-state index < -0.39 is 0 Å². The van der Waals surface area contributed by atoms with Gasteiger partial charge < -0.3 is 15.1 Å². The van der Waals surface area contributed by atoms with Crippen molar-refractivity contribution >= 4 is 33.4 Å². The smallest absolute Gasteiger partial charge is 0.291 e. The summed E-state index contributed by atoms with van der Waals surface area (Å²) in [5.74, 6) is 0.287. The van der Waals surface area contributed by atoms with Crippen molar-refractivity contribution in [3.8, 4) is 0 Å². The van der Waals surface area contributed by atoms with Crippen LogP contribution in [0.2, 0.25) is 0 Å². The largest absolute Gasteiger partial charge is 0.444 e. The SMILES string of the molecule is CC(CCNC(=O)Cc1ccc(NC(=O)c2ccc(Br)o2)cc1)c1ccccc1. The van der Waals surface area contributed by atoms with E-state index in [0.29, 0.717) is 29.2 Å². The molecule has 150 valence electrons. The molecule has 2 N–H and O–H groups in total. The first-order valence-electron chi connectivity index (χ1n) is 9.48. The molecule has 6 heteroatoms. The van der Waals surface area contributed by atoms with Crippen LogP contribution in [0.4, 0.5) is 5.69 Å². The van der Waals surface area contributed by atoms with E-state index in [1.54, 1.807) is 24.3 Å². The normalized spacial score (nSPS) is 11.7. The van der Waals surface area contributed by atoms with Crippen LogP contribution in [0.1, 0.15) is 40.9 Å². The van der Waals surface area contributed by atoms with Gasteiger partial charge in [0.05, 0.1) is 6.42 Å². The summed E-state index contributed by atoms with van der Waals surface area (Å²) in [5.41, 5.74) is 2.81. The van der Waals surface area contributed by atoms with Crippen molar-refractivity contribution in [2.24, 2.45) is 0 Å². The number of carbonyl (C=O) groups is 2. The van der Waals surface area contributed by atoms with Gasteiger partial charge in [-0.3, -0.25) is 9.59 Å². The summed E-state index contributed by atoms with van der Waals surface area (Å²) in [4.78, 5) is 24.3. The Morgan fingerprint density at radius 2 is 1.72 bits per heavy atom. The number of nitrogens with one attached hydrogen (secondary N) is 2. The monoisotopic (exact) mass is 454 g/mol. The lowest BCUT2D eigenvalue weighted by molar-refractivity contribution is -0.120. The van der Waals surface area contributed by atoms with Gasteiger partial charge in [0.1, 0.15) is 0 Å². The van der Waals surface area contributed by atoms with E-state index in [-0.39, 0.29) is 17.6 Å². The van der Waals surface area contributed by atoms with Gasteiger partial charge in [0.2, 0.25) is 5.91 Å². The third-order valence-electron chi connectivity index (χ3n) is 4.64. The molecule has 0 aliphatic rings. The lowest BCUT2D eigenvalue weighted by Crippen LogP contribution is -2.26. The molecule has 5 nitrogen and oxygen atoms in total. The Kier molecular flexibility index (Phi) is 7.25. The Balaban J connectivity index is 1.43. The second-order valence-corrected chi connectivity index (χ2v) is 7.66. The van der Waals surface area contributed by atoms with Gasteiger partial charge >= 0.3 is 0 Å². The van der Waals surface area contributed by atoms with E-state index in [0.717, 1.165) is 12.0 Å². The number of amides is 2. The number of furan rings is 1. The van der Waals surface area contributed by atoms with Gasteiger partial charge in [-0.2, -0.15) is 0 Å². The molecule has 29 heavy (non-hydrogen) atoms. The fraction of sp³-hybridized carbons (Fsp3) is 0.217. The van der Waals surface area contributed by atoms with Crippen LogP contribution in [0.3, 0.4) is 0 Å². The number of hydrogen-bond acceptors (Lipinski definition) is 3. The Labute approximate surface area is 178 Å². The van der Waals surface area contributed by atoms with Crippen molar-refractivity contribution < 1.29 is 14.0 Å². The van der Waals surface area contributed by atoms with Gasteiger partial charge in [-0.25, -0.2) is 0 Å². The molecule has 3 aromatic rings. The second kappa shape index (κ2) is 10.1. The Hall–Kier alpha value is -2.86. The minimum absolute atomic E-state index is 0.0116. The fourth-order valence-corrected chi connectivity index (χ4v) is 3.27. The number of anilines is 1. The highest BCUT2D eigenvalue weighted by Gasteiger charge is 2.11. The Morgan fingerprint density at radius 1 is 1.00 bits per heavy atom. The Morgan fingerprint density at radius 3 is 2.38 bits per heavy atom. The van der Waals surface area contributed by atoms with Crippen LogP contribution in [0.25, 0.3) is 0 Å². The molecular weight excluding hydrogens is 432 g/mol. The highest BCUT2D eigenvalue weighted by Crippen LogP contribution is 2.18. The number of carbonyl (C=O) groups excluding carboxylic acids is 2. The zero-order valence-electron chi connectivity index (χ0n) is 16.2. The fourth-order valence-electron chi connectivity index (χ4n) is 2.96. The van der Waals surface area contributed by atoms with Gasteiger partial charge in [-0.15, -0.1) is 0 Å². The molecule has 0 spiro atoms. The van der Waals surface area contributed by atoms with E-state index in [2.05, 4.69) is 45.6 Å². The van der Waals surface area contributed by atoms with Gasteiger partial charge in [0, 0.05) is 12.2 Å². The molecule has 1 atom stereocenters. The minimum Gasteiger partial charge on any atom is -0.444 e. The number of benzene rings is 2. The minimum atomic E-state index is -0.325. The summed E-state index contributed by atoms with van der Waals surface area (Å²) in [5, 5.41) is 5.74. The molecule has 0 aliphatic heterocycles. The van der Waals surface area contributed by atoms with Gasteiger partial charge in [0.25, 0.3) is 5.91 Å². The third kappa shape index (κ3) is 6.32. The van der Waals surface area contributed by atoms with Crippen LogP contribution in [0, 0.1) is 0 Å². The van der Waals surface area contributed by atoms with E-state index in [9.17, 15) is 9.59 Å². The Bertz CT molecular complexity index is 952. The van der Waals surface area contributed by atoms with E-state index >= 15 is 0 Å². The summed E-state index contributed by atoms with van der Waals surface area (Å²) in [6.45, 7) is 2.80. The molecule has 2 aromatic carbocycles. The lowest BCUT2D eigenvalue weighted by Gasteiger charge is -2.12. The summed E-state index contributed by atoms with van der Waals surface area (Å²) >= 11 is 3.17. The van der Waals surface area contributed by atoms with E-state index in [4.69, 9.17) is 4.42 Å². The molecule has 2 amide bonds. The first-order valence-corrected chi connectivity index (χ1v) is 10.3. The molecular formula is C23H23BrN2O3. The summed E-state index contributed by atoms with van der Waals surface area (Å²) in [6.07, 6.45) is 1.20. The predicted molar refractivity (Wildman–Crippen MR) is 117 cm³/mol. The van der Waals surface area contributed by atoms with Crippen LogP contribution in [-0.2, 0) is 11.2 Å². The van der Waals surface area contributed by atoms with Gasteiger partial charge in [0.15, 0.2) is 10.4 Å². The number of halogens is 1. The van der Waals surface area contributed by atoms with Crippen LogP contribution in [0.15, 0.2) is 75.8 Å². The average molecular weight is 455 g/mol. The van der Waals surface area contributed by atoms with Crippen molar-refractivity contribution in [2.45, 2.75) is 25.7 Å². The molecule has 1 aromatic heterocycles. The maximum Gasteiger partial charge on any atom is 0.291 e. The molecule has 0 fully saturated rings. The molecule has 1 heterocycles. The zero-order valence-corrected chi connectivity index (χ0v) is 17.7. The maximum atomic E-state index is 12.2. The molecule has 3 rings (SSSR count). The summed E-state index contributed by atoms with van der Waals surface area (Å²) < 4.78 is 5.73. The average Bonchev–Trinajstić information content (AvgIpc) is 3.16. The quantitative estimate of drug-likeness (QED) is 0.494. The van der Waals surface area contributed by atoms with Gasteiger partial charge in [-0.05, 0) is 63.7 Å². The molecule has 1 unspecified atom stereocenters. The van der Waals surface area contributed by atoms with Crippen LogP contribution >= 0.6 is 15.9 Å². The zero-order chi connectivity index (χ0) is 20.6. The van der Waals surface area contributed by atoms with Crippen LogP contribution < -0.4 is 10.6 Å². The predicted octanol–water partition coefficient (Wildman–Crippen LogP) is 5.15.